The average Bonchev–Trinajstić information content (AvgIpc) is 2.87. The number of fused-ring (bicyclic) bond motifs is 2. The third-order valence-electron chi connectivity index (χ3n) is 4.07. The number of imide groups is 1. The molecule has 4 rings (SSSR count). The summed E-state index contributed by atoms with van der Waals surface area (Å²) in [6, 6.07) is 15.6. The van der Waals surface area contributed by atoms with Gasteiger partial charge in [-0.15, -0.1) is 0 Å². The number of amides is 3. The second-order valence-corrected chi connectivity index (χ2v) is 5.70. The molecule has 1 aromatic heterocycles. The molecule has 0 fully saturated rings. The van der Waals surface area contributed by atoms with Crippen LogP contribution in [0.4, 0.5) is 5.69 Å². The Hall–Kier alpha value is -3.54. The molecule has 0 radical (unpaired) electrons. The van der Waals surface area contributed by atoms with Gasteiger partial charge in [0.05, 0.1) is 16.6 Å². The summed E-state index contributed by atoms with van der Waals surface area (Å²) in [7, 11) is 0. The number of nitrogens with one attached hydrogen (secondary N) is 1. The molecule has 1 N–H and O–H groups in total. The molecule has 2 heterocycles. The minimum Gasteiger partial charge on any atom is -0.325 e. The van der Waals surface area contributed by atoms with Crippen LogP contribution in [0.15, 0.2) is 60.8 Å². The number of hydrogen-bond acceptors (Lipinski definition) is 4. The van der Waals surface area contributed by atoms with Crippen molar-refractivity contribution in [3.8, 4) is 0 Å². The summed E-state index contributed by atoms with van der Waals surface area (Å²) in [5.74, 6) is -1.32. The van der Waals surface area contributed by atoms with Crippen molar-refractivity contribution in [2.45, 2.75) is 0 Å². The predicted molar refractivity (Wildman–Crippen MR) is 92.2 cm³/mol. The third kappa shape index (κ3) is 2.63. The molecule has 0 saturated heterocycles. The van der Waals surface area contributed by atoms with E-state index in [1.54, 1.807) is 48.7 Å². The number of aromatic nitrogens is 1. The molecule has 1 aliphatic heterocycles. The smallest absolute Gasteiger partial charge is 0.262 e. The molecule has 0 saturated carbocycles. The van der Waals surface area contributed by atoms with Crippen LogP contribution in [-0.2, 0) is 4.79 Å². The van der Waals surface area contributed by atoms with Crippen molar-refractivity contribution < 1.29 is 14.4 Å². The first kappa shape index (κ1) is 15.0. The number of carbonyl (C=O) groups excluding carboxylic acids is 3. The molecular weight excluding hydrogens is 318 g/mol. The molecule has 2 aromatic carbocycles. The number of anilines is 1. The topological polar surface area (TPSA) is 79.4 Å². The van der Waals surface area contributed by atoms with Crippen molar-refractivity contribution in [3.63, 3.8) is 0 Å². The lowest BCUT2D eigenvalue weighted by Crippen LogP contribution is -2.37. The van der Waals surface area contributed by atoms with Gasteiger partial charge in [-0.3, -0.25) is 24.3 Å². The molecule has 0 bridgehead atoms. The predicted octanol–water partition coefficient (Wildman–Crippen LogP) is 2.47. The average molecular weight is 331 g/mol. The molecule has 0 aliphatic carbocycles. The van der Waals surface area contributed by atoms with Gasteiger partial charge in [0.2, 0.25) is 5.91 Å². The monoisotopic (exact) mass is 331 g/mol. The van der Waals surface area contributed by atoms with E-state index in [0.29, 0.717) is 16.8 Å². The zero-order valence-corrected chi connectivity index (χ0v) is 13.1. The Labute approximate surface area is 143 Å². The van der Waals surface area contributed by atoms with E-state index in [1.807, 2.05) is 12.1 Å². The zero-order chi connectivity index (χ0) is 17.4. The molecule has 6 heteroatoms. The molecule has 0 unspecified atom stereocenters. The Bertz CT molecular complexity index is 994. The van der Waals surface area contributed by atoms with Gasteiger partial charge in [0, 0.05) is 17.3 Å². The second kappa shape index (κ2) is 5.83. The van der Waals surface area contributed by atoms with Crippen LogP contribution >= 0.6 is 0 Å². The van der Waals surface area contributed by atoms with Crippen LogP contribution in [0.1, 0.15) is 20.7 Å². The van der Waals surface area contributed by atoms with Crippen LogP contribution in [0.2, 0.25) is 0 Å². The van der Waals surface area contributed by atoms with E-state index in [1.165, 1.54) is 0 Å². The van der Waals surface area contributed by atoms with E-state index < -0.39 is 17.7 Å². The number of carbonyl (C=O) groups is 3. The van der Waals surface area contributed by atoms with Crippen molar-refractivity contribution in [1.29, 1.82) is 0 Å². The molecule has 122 valence electrons. The molecule has 1 aliphatic rings. The van der Waals surface area contributed by atoms with Gasteiger partial charge < -0.3 is 5.32 Å². The van der Waals surface area contributed by atoms with Crippen molar-refractivity contribution in [3.05, 3.63) is 71.9 Å². The number of rotatable bonds is 3. The van der Waals surface area contributed by atoms with E-state index in [-0.39, 0.29) is 6.54 Å². The minimum atomic E-state index is -0.446. The third-order valence-corrected chi connectivity index (χ3v) is 4.07. The summed E-state index contributed by atoms with van der Waals surface area (Å²) in [6.45, 7) is -0.322. The first-order chi connectivity index (χ1) is 12.1. The molecule has 25 heavy (non-hydrogen) atoms. The van der Waals surface area contributed by atoms with Gasteiger partial charge >= 0.3 is 0 Å². The summed E-state index contributed by atoms with van der Waals surface area (Å²) in [5.41, 5.74) is 2.07. The summed E-state index contributed by atoms with van der Waals surface area (Å²) in [4.78, 5) is 42.0. The fraction of sp³-hybridized carbons (Fsp3) is 0.0526. The Morgan fingerprint density at radius 2 is 1.68 bits per heavy atom. The van der Waals surface area contributed by atoms with Gasteiger partial charge in [-0.1, -0.05) is 18.2 Å². The zero-order valence-electron chi connectivity index (χ0n) is 13.1. The summed E-state index contributed by atoms with van der Waals surface area (Å²) in [6.07, 6.45) is 1.70. The van der Waals surface area contributed by atoms with Crippen LogP contribution in [0.3, 0.4) is 0 Å². The van der Waals surface area contributed by atoms with Crippen molar-refractivity contribution in [2.75, 3.05) is 11.9 Å². The molecule has 3 aromatic rings. The molecule has 3 amide bonds. The van der Waals surface area contributed by atoms with E-state index in [4.69, 9.17) is 0 Å². The molecular formula is C19H13N3O3. The number of hydrogen-bond donors (Lipinski definition) is 1. The fourth-order valence-corrected chi connectivity index (χ4v) is 2.88. The molecule has 0 atom stereocenters. The summed E-state index contributed by atoms with van der Waals surface area (Å²) >= 11 is 0. The van der Waals surface area contributed by atoms with Gasteiger partial charge in [-0.05, 0) is 36.4 Å². The van der Waals surface area contributed by atoms with Crippen LogP contribution in [-0.4, -0.2) is 34.2 Å². The van der Waals surface area contributed by atoms with Crippen LogP contribution in [0.5, 0.6) is 0 Å². The quantitative estimate of drug-likeness (QED) is 0.748. The first-order valence-electron chi connectivity index (χ1n) is 7.73. The molecule has 0 spiro atoms. The Morgan fingerprint density at radius 1 is 0.960 bits per heavy atom. The largest absolute Gasteiger partial charge is 0.325 e. The SMILES string of the molecule is O=C(CN1C(=O)c2ccccc2C1=O)Nc1ccc2ncccc2c1. The lowest BCUT2D eigenvalue weighted by molar-refractivity contribution is -0.116. The molecule has 6 nitrogen and oxygen atoms in total. The summed E-state index contributed by atoms with van der Waals surface area (Å²) < 4.78 is 0. The fourth-order valence-electron chi connectivity index (χ4n) is 2.88. The lowest BCUT2D eigenvalue weighted by Gasteiger charge is -2.13. The highest BCUT2D eigenvalue weighted by molar-refractivity contribution is 6.22. The van der Waals surface area contributed by atoms with Crippen LogP contribution < -0.4 is 5.32 Å². The minimum absolute atomic E-state index is 0.322. The van der Waals surface area contributed by atoms with E-state index in [9.17, 15) is 14.4 Å². The number of pyridine rings is 1. The lowest BCUT2D eigenvalue weighted by atomic mass is 10.1. The van der Waals surface area contributed by atoms with E-state index in [0.717, 1.165) is 15.8 Å². The Balaban J connectivity index is 1.51. The van der Waals surface area contributed by atoms with E-state index >= 15 is 0 Å². The highest BCUT2D eigenvalue weighted by atomic mass is 16.2. The maximum atomic E-state index is 12.3. The Kier molecular flexibility index (Phi) is 3.50. The highest BCUT2D eigenvalue weighted by Gasteiger charge is 2.36. The van der Waals surface area contributed by atoms with Crippen molar-refractivity contribution >= 4 is 34.3 Å². The van der Waals surface area contributed by atoms with Gasteiger partial charge in [-0.25, -0.2) is 0 Å². The maximum Gasteiger partial charge on any atom is 0.262 e. The Morgan fingerprint density at radius 3 is 2.40 bits per heavy atom. The standard InChI is InChI=1S/C19H13N3O3/c23-17(21-13-7-8-16-12(10-13)4-3-9-20-16)11-22-18(24)14-5-1-2-6-15(14)19(22)25/h1-10H,11H2,(H,21,23). The highest BCUT2D eigenvalue weighted by Crippen LogP contribution is 2.22. The van der Waals surface area contributed by atoms with E-state index in [2.05, 4.69) is 10.3 Å². The van der Waals surface area contributed by atoms with Gasteiger partial charge in [0.25, 0.3) is 11.8 Å². The number of nitrogens with zero attached hydrogens (tertiary/aromatic N) is 2. The van der Waals surface area contributed by atoms with Crippen LogP contribution in [0, 0.1) is 0 Å². The van der Waals surface area contributed by atoms with Crippen molar-refractivity contribution in [2.24, 2.45) is 0 Å². The van der Waals surface area contributed by atoms with Crippen LogP contribution in [0.25, 0.3) is 10.9 Å². The summed E-state index contributed by atoms with van der Waals surface area (Å²) in [5, 5.41) is 3.61. The van der Waals surface area contributed by atoms with Crippen molar-refractivity contribution in [1.82, 2.24) is 9.88 Å². The van der Waals surface area contributed by atoms with Gasteiger partial charge in [-0.2, -0.15) is 0 Å². The normalized spacial score (nSPS) is 13.2. The first-order valence-corrected chi connectivity index (χ1v) is 7.73. The second-order valence-electron chi connectivity index (χ2n) is 5.70. The van der Waals surface area contributed by atoms with Gasteiger partial charge in [0.15, 0.2) is 0 Å². The maximum absolute atomic E-state index is 12.3. The number of benzene rings is 2. The van der Waals surface area contributed by atoms with Gasteiger partial charge in [0.1, 0.15) is 6.54 Å².